The van der Waals surface area contributed by atoms with Gasteiger partial charge in [0.25, 0.3) is 5.91 Å². The third kappa shape index (κ3) is 10.7. The molecule has 12 nitrogen and oxygen atoms in total. The molecule has 1 saturated heterocycles. The van der Waals surface area contributed by atoms with Crippen LogP contribution in [-0.4, -0.2) is 71.0 Å². The maximum Gasteiger partial charge on any atom is 0.411 e. The normalized spacial score (nSPS) is 13.8. The van der Waals surface area contributed by atoms with Crippen molar-refractivity contribution in [1.29, 1.82) is 0 Å². The van der Waals surface area contributed by atoms with Gasteiger partial charge >= 0.3 is 6.09 Å². The lowest BCUT2D eigenvalue weighted by molar-refractivity contribution is -0.118. The number of pyridine rings is 1. The maximum atomic E-state index is 12.8. The summed E-state index contributed by atoms with van der Waals surface area (Å²) < 4.78 is 11.6. The standard InChI is InChI=1S/C46H47N5O7/c52-41-19-17-38(39-18-20-43(54)50-45(39)41)42(53)29-47-28-32-7-6-10-36(27-32)57-30-44(55)48-34-15-13-31(14-16-34)21-24-51-25-22-35(23-26-51)58-46(56)49-40-12-5-4-11-37(40)33-8-2-1-3-9-33/h1-20,27,35,42,47,52-53H,21-26,28-30H2,(H,48,55)(H,49,56)(H,50,54)/t42-/m0/s1. The fourth-order valence-electron chi connectivity index (χ4n) is 7.15. The quantitative estimate of drug-likeness (QED) is 0.0644. The summed E-state index contributed by atoms with van der Waals surface area (Å²) in [5.41, 5.74) is 5.98. The van der Waals surface area contributed by atoms with Crippen LogP contribution in [0.5, 0.6) is 11.5 Å². The molecule has 1 aromatic heterocycles. The third-order valence-corrected chi connectivity index (χ3v) is 10.2. The zero-order chi connectivity index (χ0) is 40.3. The average molecular weight is 782 g/mol. The fourth-order valence-corrected chi connectivity index (χ4v) is 7.15. The first kappa shape index (κ1) is 39.8. The number of anilines is 2. The highest BCUT2D eigenvalue weighted by atomic mass is 16.6. The Morgan fingerprint density at radius 2 is 1.60 bits per heavy atom. The molecule has 58 heavy (non-hydrogen) atoms. The Morgan fingerprint density at radius 1 is 0.828 bits per heavy atom. The molecule has 0 radical (unpaired) electrons. The maximum absolute atomic E-state index is 12.8. The molecular formula is C46H47N5O7. The zero-order valence-corrected chi connectivity index (χ0v) is 32.0. The summed E-state index contributed by atoms with van der Waals surface area (Å²) in [7, 11) is 0. The lowest BCUT2D eigenvalue weighted by Crippen LogP contribution is -2.39. The molecule has 0 spiro atoms. The molecule has 0 saturated carbocycles. The second kappa shape index (κ2) is 19.1. The Hall–Kier alpha value is -6.47. The summed E-state index contributed by atoms with van der Waals surface area (Å²) >= 11 is 0. The summed E-state index contributed by atoms with van der Waals surface area (Å²) in [6.07, 6.45) is 0.966. The largest absolute Gasteiger partial charge is 0.506 e. The number of phenolic OH excluding ortho intramolecular Hbond substituents is 1. The van der Waals surface area contributed by atoms with Crippen molar-refractivity contribution in [2.45, 2.75) is 38.0 Å². The minimum Gasteiger partial charge on any atom is -0.506 e. The van der Waals surface area contributed by atoms with Crippen molar-refractivity contribution in [3.8, 4) is 22.6 Å². The highest BCUT2D eigenvalue weighted by Crippen LogP contribution is 2.30. The van der Waals surface area contributed by atoms with Crippen LogP contribution in [0.2, 0.25) is 0 Å². The van der Waals surface area contributed by atoms with Crippen LogP contribution in [-0.2, 0) is 22.5 Å². The topological polar surface area (TPSA) is 165 Å². The van der Waals surface area contributed by atoms with Crippen LogP contribution < -0.4 is 26.2 Å². The number of hydrogen-bond acceptors (Lipinski definition) is 9. The summed E-state index contributed by atoms with van der Waals surface area (Å²) in [6, 6.07) is 38.9. The summed E-state index contributed by atoms with van der Waals surface area (Å²) in [5, 5.41) is 30.6. The number of ether oxygens (including phenoxy) is 2. The van der Waals surface area contributed by atoms with E-state index in [9.17, 15) is 24.6 Å². The van der Waals surface area contributed by atoms with Gasteiger partial charge in [-0.2, -0.15) is 0 Å². The molecule has 1 aliphatic heterocycles. The summed E-state index contributed by atoms with van der Waals surface area (Å²) in [5.74, 6) is 0.206. The van der Waals surface area contributed by atoms with Gasteiger partial charge in [-0.15, -0.1) is 0 Å². The van der Waals surface area contributed by atoms with E-state index in [0.29, 0.717) is 28.9 Å². The van der Waals surface area contributed by atoms with E-state index in [0.717, 1.165) is 66.8 Å². The van der Waals surface area contributed by atoms with Gasteiger partial charge in [0.2, 0.25) is 5.56 Å². The number of H-pyrrole nitrogens is 1. The molecule has 7 rings (SSSR count). The molecule has 0 unspecified atom stereocenters. The van der Waals surface area contributed by atoms with E-state index in [-0.39, 0.29) is 42.0 Å². The third-order valence-electron chi connectivity index (χ3n) is 10.2. The van der Waals surface area contributed by atoms with E-state index >= 15 is 0 Å². The molecule has 6 aromatic rings. The minimum absolute atomic E-state index is 0.0609. The molecule has 5 aromatic carbocycles. The summed E-state index contributed by atoms with van der Waals surface area (Å²) in [6.45, 7) is 3.09. The number of carbonyl (C=O) groups is 2. The van der Waals surface area contributed by atoms with E-state index in [1.807, 2.05) is 97.1 Å². The predicted molar refractivity (Wildman–Crippen MR) is 225 cm³/mol. The number of aliphatic hydroxyl groups excluding tert-OH is 1. The first-order chi connectivity index (χ1) is 28.3. The number of aliphatic hydroxyl groups is 1. The van der Waals surface area contributed by atoms with E-state index in [1.165, 1.54) is 12.1 Å². The number of aromatic nitrogens is 1. The number of phenols is 1. The molecule has 298 valence electrons. The molecule has 12 heteroatoms. The number of nitrogens with one attached hydrogen (secondary N) is 4. The molecule has 6 N–H and O–H groups in total. The lowest BCUT2D eigenvalue weighted by atomic mass is 10.0. The Labute approximate surface area is 336 Å². The average Bonchev–Trinajstić information content (AvgIpc) is 3.24. The number of benzene rings is 5. The van der Waals surface area contributed by atoms with Gasteiger partial charge < -0.3 is 40.2 Å². The van der Waals surface area contributed by atoms with Crippen LogP contribution >= 0.6 is 0 Å². The van der Waals surface area contributed by atoms with Gasteiger partial charge in [-0.05, 0) is 84.0 Å². The highest BCUT2D eigenvalue weighted by molar-refractivity contribution is 5.92. The number of piperidine rings is 1. The van der Waals surface area contributed by atoms with E-state index in [4.69, 9.17) is 9.47 Å². The number of likely N-dealkylation sites (tertiary alicyclic amines) is 1. The number of para-hydroxylation sites is 1. The number of hydrogen-bond donors (Lipinski definition) is 6. The van der Waals surface area contributed by atoms with Crippen molar-refractivity contribution in [3.05, 3.63) is 154 Å². The number of nitrogens with zero attached hydrogens (tertiary/aromatic N) is 1. The van der Waals surface area contributed by atoms with Crippen molar-refractivity contribution < 1.29 is 29.3 Å². The number of rotatable bonds is 15. The molecule has 1 fully saturated rings. The second-order valence-corrected chi connectivity index (χ2v) is 14.3. The van der Waals surface area contributed by atoms with Gasteiger partial charge in [-0.25, -0.2) is 4.79 Å². The van der Waals surface area contributed by atoms with Gasteiger partial charge in [0, 0.05) is 55.4 Å². The van der Waals surface area contributed by atoms with Crippen LogP contribution in [0, 0.1) is 0 Å². The Balaban J connectivity index is 0.791. The molecule has 0 aliphatic carbocycles. The molecule has 1 atom stereocenters. The lowest BCUT2D eigenvalue weighted by Gasteiger charge is -2.31. The Morgan fingerprint density at radius 3 is 2.41 bits per heavy atom. The number of aromatic amines is 1. The van der Waals surface area contributed by atoms with Crippen LogP contribution in [0.15, 0.2) is 132 Å². The van der Waals surface area contributed by atoms with E-state index < -0.39 is 12.2 Å². The number of amides is 2. The molecule has 0 bridgehead atoms. The van der Waals surface area contributed by atoms with Crippen molar-refractivity contribution in [1.82, 2.24) is 15.2 Å². The van der Waals surface area contributed by atoms with Crippen LogP contribution in [0.3, 0.4) is 0 Å². The first-order valence-corrected chi connectivity index (χ1v) is 19.5. The number of fused-ring (bicyclic) bond motifs is 1. The van der Waals surface area contributed by atoms with Gasteiger partial charge in [-0.3, -0.25) is 14.9 Å². The fraction of sp³-hybridized carbons (Fsp3) is 0.239. The van der Waals surface area contributed by atoms with E-state index in [1.54, 1.807) is 18.2 Å². The molecular weight excluding hydrogens is 735 g/mol. The SMILES string of the molecule is O=C(COc1cccc(CNC[C@H](O)c2ccc(O)c3[nH]c(=O)ccc23)c1)Nc1ccc(CCN2CCC(OC(=O)Nc3ccccc3-c3ccccc3)CC2)cc1. The molecule has 1 aliphatic rings. The van der Waals surface area contributed by atoms with E-state index in [2.05, 4.69) is 25.8 Å². The molecule has 2 amide bonds. The highest BCUT2D eigenvalue weighted by Gasteiger charge is 2.23. The van der Waals surface area contributed by atoms with Crippen molar-refractivity contribution in [2.24, 2.45) is 0 Å². The van der Waals surface area contributed by atoms with Crippen molar-refractivity contribution in [2.75, 3.05) is 43.4 Å². The smallest absolute Gasteiger partial charge is 0.411 e. The Kier molecular flexibility index (Phi) is 13.1. The number of carbonyl (C=O) groups excluding carboxylic acids is 2. The van der Waals surface area contributed by atoms with Crippen molar-refractivity contribution >= 4 is 34.3 Å². The van der Waals surface area contributed by atoms with Crippen molar-refractivity contribution in [3.63, 3.8) is 0 Å². The second-order valence-electron chi connectivity index (χ2n) is 14.3. The van der Waals surface area contributed by atoms with Gasteiger partial charge in [0.05, 0.1) is 17.3 Å². The van der Waals surface area contributed by atoms with Gasteiger partial charge in [-0.1, -0.05) is 78.9 Å². The number of aromatic hydroxyl groups is 1. The summed E-state index contributed by atoms with van der Waals surface area (Å²) in [4.78, 5) is 42.2. The van der Waals surface area contributed by atoms with Crippen LogP contribution in [0.25, 0.3) is 22.0 Å². The monoisotopic (exact) mass is 781 g/mol. The predicted octanol–water partition coefficient (Wildman–Crippen LogP) is 7.00. The molecule has 2 heterocycles. The Bertz CT molecular complexity index is 2380. The minimum atomic E-state index is -0.881. The van der Waals surface area contributed by atoms with Gasteiger partial charge in [0.1, 0.15) is 17.6 Å². The first-order valence-electron chi connectivity index (χ1n) is 19.5. The van der Waals surface area contributed by atoms with Crippen LogP contribution in [0.4, 0.5) is 16.2 Å². The van der Waals surface area contributed by atoms with Crippen LogP contribution in [0.1, 0.15) is 35.6 Å². The zero-order valence-electron chi connectivity index (χ0n) is 32.0. The van der Waals surface area contributed by atoms with Gasteiger partial charge in [0.15, 0.2) is 6.61 Å².